The van der Waals surface area contributed by atoms with Gasteiger partial charge in [0.05, 0.1) is 12.7 Å². The van der Waals surface area contributed by atoms with Crippen LogP contribution in [0.15, 0.2) is 24.3 Å². The molecule has 3 rings (SSSR count). The molecule has 1 fully saturated rings. The Morgan fingerprint density at radius 2 is 2.12 bits per heavy atom. The fourth-order valence-electron chi connectivity index (χ4n) is 2.83. The lowest BCUT2D eigenvalue weighted by molar-refractivity contribution is -0.0227. The van der Waals surface area contributed by atoms with E-state index in [1.54, 1.807) is 0 Å². The van der Waals surface area contributed by atoms with E-state index >= 15 is 0 Å². The van der Waals surface area contributed by atoms with Crippen molar-refractivity contribution in [1.82, 2.24) is 10.2 Å². The number of aliphatic hydroxyl groups excluding tert-OH is 2. The van der Waals surface area contributed by atoms with Gasteiger partial charge < -0.3 is 20.3 Å². The molecule has 0 saturated carbocycles. The minimum Gasteiger partial charge on any atom is -0.394 e. The Hall–Kier alpha value is -2.07. The van der Waals surface area contributed by atoms with Crippen molar-refractivity contribution in [1.29, 1.82) is 0 Å². The van der Waals surface area contributed by atoms with E-state index < -0.39 is 24.3 Å². The van der Waals surface area contributed by atoms with Crippen molar-refractivity contribution in [3.63, 3.8) is 0 Å². The number of nitrogens with zero attached hydrogens (tertiary/aromatic N) is 2. The summed E-state index contributed by atoms with van der Waals surface area (Å²) in [6.45, 7) is 3.87. The van der Waals surface area contributed by atoms with Crippen LogP contribution in [0.3, 0.4) is 0 Å². The first-order valence-electron chi connectivity index (χ1n) is 8.42. The van der Waals surface area contributed by atoms with Crippen molar-refractivity contribution in [3.8, 4) is 0 Å². The molecule has 8 nitrogen and oxygen atoms in total. The zero-order valence-electron chi connectivity index (χ0n) is 14.5. The molecule has 140 valence electrons. The number of nitrogens with one attached hydrogen (secondary N) is 2. The van der Waals surface area contributed by atoms with E-state index in [0.717, 1.165) is 11.3 Å². The smallest absolute Gasteiger partial charge is 0.325 e. The Balaban J connectivity index is 1.62. The van der Waals surface area contributed by atoms with Crippen LogP contribution in [0, 0.1) is 0 Å². The van der Waals surface area contributed by atoms with Crippen LogP contribution < -0.4 is 10.6 Å². The van der Waals surface area contributed by atoms with Gasteiger partial charge in [-0.3, -0.25) is 5.32 Å². The van der Waals surface area contributed by atoms with Gasteiger partial charge in [0.15, 0.2) is 0 Å². The zero-order chi connectivity index (χ0) is 18.7. The number of amides is 2. The summed E-state index contributed by atoms with van der Waals surface area (Å²) in [5, 5.41) is 33.3. The minimum absolute atomic E-state index is 0.251. The number of hydrogen-bond donors (Lipinski definition) is 4. The van der Waals surface area contributed by atoms with E-state index in [1.165, 1.54) is 11.3 Å². The van der Waals surface area contributed by atoms with Crippen LogP contribution in [0.1, 0.15) is 42.9 Å². The number of carbonyl (C=O) groups excluding carboxylic acids is 1. The summed E-state index contributed by atoms with van der Waals surface area (Å²) in [5.41, 5.74) is 1.79. The third-order valence-electron chi connectivity index (χ3n) is 4.17. The molecular weight excluding hydrogens is 356 g/mol. The highest BCUT2D eigenvalue weighted by Gasteiger charge is 2.36. The van der Waals surface area contributed by atoms with Crippen molar-refractivity contribution < 1.29 is 19.7 Å². The molecule has 0 bridgehead atoms. The molecule has 2 amide bonds. The highest BCUT2D eigenvalue weighted by atomic mass is 32.1. The third kappa shape index (κ3) is 4.18. The summed E-state index contributed by atoms with van der Waals surface area (Å²) in [7, 11) is 0. The summed E-state index contributed by atoms with van der Waals surface area (Å²) in [6, 6.07) is 7.23. The lowest BCUT2D eigenvalue weighted by Gasteiger charge is -2.13. The largest absolute Gasteiger partial charge is 0.394 e. The van der Waals surface area contributed by atoms with Crippen molar-refractivity contribution in [2.45, 2.75) is 44.5 Å². The maximum Gasteiger partial charge on any atom is 0.325 e. The van der Waals surface area contributed by atoms with Crippen LogP contribution in [0.5, 0.6) is 0 Å². The number of para-hydroxylation sites is 1. The maximum atomic E-state index is 12.3. The van der Waals surface area contributed by atoms with Crippen LogP contribution in [0.4, 0.5) is 15.6 Å². The maximum absolute atomic E-state index is 12.3. The van der Waals surface area contributed by atoms with Gasteiger partial charge in [0.25, 0.3) is 0 Å². The molecule has 1 aliphatic heterocycles. The Labute approximate surface area is 155 Å². The van der Waals surface area contributed by atoms with Crippen LogP contribution >= 0.6 is 11.3 Å². The number of anilines is 2. The van der Waals surface area contributed by atoms with Crippen molar-refractivity contribution in [2.24, 2.45) is 0 Å². The first kappa shape index (κ1) is 18.7. The second kappa shape index (κ2) is 8.09. The number of hydrogen-bond acceptors (Lipinski definition) is 7. The van der Waals surface area contributed by atoms with E-state index in [1.807, 2.05) is 24.3 Å². The predicted octanol–water partition coefficient (Wildman–Crippen LogP) is 2.49. The molecule has 2 aromatic rings. The molecule has 1 aromatic carbocycles. The molecule has 2 heterocycles. The molecule has 0 radical (unpaired) electrons. The summed E-state index contributed by atoms with van der Waals surface area (Å²) >= 11 is 1.18. The van der Waals surface area contributed by atoms with Gasteiger partial charge in [0, 0.05) is 12.1 Å². The van der Waals surface area contributed by atoms with E-state index in [2.05, 4.69) is 34.7 Å². The summed E-state index contributed by atoms with van der Waals surface area (Å²) in [5.74, 6) is 0.282. The van der Waals surface area contributed by atoms with Crippen molar-refractivity contribution in [3.05, 3.63) is 34.8 Å². The molecule has 1 aliphatic rings. The standard InChI is InChI=1S/C17H22N4O4S/c1-9(2)10-5-3-4-6-11(10)18-16(24)19-17-21-20-15(26-17)13-7-12(23)14(8-22)25-13/h3-6,9,12-14,22-23H,7-8H2,1-2H3,(H2,18,19,21,24)/t12-,13+,14+/m0/s1. The van der Waals surface area contributed by atoms with Crippen LogP contribution in [-0.2, 0) is 4.74 Å². The fourth-order valence-corrected chi connectivity index (χ4v) is 3.62. The van der Waals surface area contributed by atoms with Crippen molar-refractivity contribution in [2.75, 3.05) is 17.2 Å². The fraction of sp³-hybridized carbons (Fsp3) is 0.471. The topological polar surface area (TPSA) is 117 Å². The number of rotatable bonds is 5. The predicted molar refractivity (Wildman–Crippen MR) is 98.4 cm³/mol. The normalized spacial score (nSPS) is 22.6. The first-order chi connectivity index (χ1) is 12.5. The molecule has 4 N–H and O–H groups in total. The highest BCUT2D eigenvalue weighted by Crippen LogP contribution is 2.35. The molecule has 26 heavy (non-hydrogen) atoms. The van der Waals surface area contributed by atoms with E-state index in [9.17, 15) is 9.90 Å². The molecule has 0 aliphatic carbocycles. The second-order valence-corrected chi connectivity index (χ2v) is 7.42. The molecular formula is C17H22N4O4S. The Bertz CT molecular complexity index is 767. The quantitative estimate of drug-likeness (QED) is 0.635. The summed E-state index contributed by atoms with van der Waals surface area (Å²) < 4.78 is 5.54. The number of carbonyl (C=O) groups is 1. The number of urea groups is 1. The van der Waals surface area contributed by atoms with E-state index in [0.29, 0.717) is 16.6 Å². The molecule has 3 atom stereocenters. The molecule has 9 heteroatoms. The van der Waals surface area contributed by atoms with Gasteiger partial charge in [-0.05, 0) is 17.5 Å². The highest BCUT2D eigenvalue weighted by molar-refractivity contribution is 7.15. The summed E-state index contributed by atoms with van der Waals surface area (Å²) in [4.78, 5) is 12.3. The van der Waals surface area contributed by atoms with E-state index in [4.69, 9.17) is 9.84 Å². The van der Waals surface area contributed by atoms with Gasteiger partial charge in [-0.25, -0.2) is 4.79 Å². The minimum atomic E-state index is -0.735. The first-order valence-corrected chi connectivity index (χ1v) is 9.24. The number of benzene rings is 1. The third-order valence-corrected chi connectivity index (χ3v) is 5.10. The lowest BCUT2D eigenvalue weighted by atomic mass is 10.0. The summed E-state index contributed by atoms with van der Waals surface area (Å²) in [6.07, 6.45) is -1.44. The van der Waals surface area contributed by atoms with Gasteiger partial charge >= 0.3 is 6.03 Å². The molecule has 1 aromatic heterocycles. The van der Waals surface area contributed by atoms with Gasteiger partial charge in [-0.1, -0.05) is 43.4 Å². The number of aromatic nitrogens is 2. The van der Waals surface area contributed by atoms with Crippen molar-refractivity contribution >= 4 is 28.2 Å². The zero-order valence-corrected chi connectivity index (χ0v) is 15.4. The Kier molecular flexibility index (Phi) is 5.82. The van der Waals surface area contributed by atoms with Gasteiger partial charge in [-0.15, -0.1) is 10.2 Å². The van der Waals surface area contributed by atoms with Gasteiger partial charge in [0.2, 0.25) is 5.13 Å². The number of aliphatic hydroxyl groups is 2. The monoisotopic (exact) mass is 378 g/mol. The van der Waals surface area contributed by atoms with Crippen LogP contribution in [0.25, 0.3) is 0 Å². The molecule has 0 spiro atoms. The number of ether oxygens (including phenoxy) is 1. The van der Waals surface area contributed by atoms with Gasteiger partial charge in [-0.2, -0.15) is 0 Å². The Morgan fingerprint density at radius 1 is 1.35 bits per heavy atom. The average Bonchev–Trinajstić information content (AvgIpc) is 3.21. The van der Waals surface area contributed by atoms with Crippen LogP contribution in [0.2, 0.25) is 0 Å². The Morgan fingerprint density at radius 3 is 2.81 bits per heavy atom. The van der Waals surface area contributed by atoms with E-state index in [-0.39, 0.29) is 12.5 Å². The average molecular weight is 378 g/mol. The SMILES string of the molecule is CC(C)c1ccccc1NC(=O)Nc1nnc([C@H]2C[C@H](O)[C@@H](CO)O2)s1. The van der Waals surface area contributed by atoms with Gasteiger partial charge in [0.1, 0.15) is 17.2 Å². The molecule has 1 saturated heterocycles. The lowest BCUT2D eigenvalue weighted by Crippen LogP contribution is -2.24. The molecule has 0 unspecified atom stereocenters. The van der Waals surface area contributed by atoms with Crippen LogP contribution in [-0.4, -0.2) is 45.3 Å². The second-order valence-electron chi connectivity index (χ2n) is 6.42.